The van der Waals surface area contributed by atoms with Gasteiger partial charge in [-0.2, -0.15) is 0 Å². The summed E-state index contributed by atoms with van der Waals surface area (Å²) in [5, 5.41) is 8.35. The molecule has 0 aromatic carbocycles. The Morgan fingerprint density at radius 1 is 1.62 bits per heavy atom. The molecule has 2 rings (SSSR count). The van der Waals surface area contributed by atoms with Crippen molar-refractivity contribution in [2.75, 3.05) is 5.75 Å². The lowest BCUT2D eigenvalue weighted by atomic mass is 10.0. The highest BCUT2D eigenvalue weighted by atomic mass is 32.2. The Kier molecular flexibility index (Phi) is 3.23. The van der Waals surface area contributed by atoms with E-state index in [0.717, 1.165) is 22.4 Å². The maximum Gasteiger partial charge on any atom is 0.157 e. The van der Waals surface area contributed by atoms with E-state index >= 15 is 0 Å². The first-order valence-electron chi connectivity index (χ1n) is 5.43. The Balaban J connectivity index is 1.97. The third-order valence-electron chi connectivity index (χ3n) is 2.47. The van der Waals surface area contributed by atoms with E-state index in [-0.39, 0.29) is 5.54 Å². The molecule has 0 unspecified atom stereocenters. The summed E-state index contributed by atoms with van der Waals surface area (Å²) in [5.74, 6) is 1.95. The Hall–Kier alpha value is -0.970. The van der Waals surface area contributed by atoms with Crippen LogP contribution in [-0.4, -0.2) is 21.6 Å². The summed E-state index contributed by atoms with van der Waals surface area (Å²) in [6.07, 6.45) is 1.17. The third kappa shape index (κ3) is 3.01. The predicted molar refractivity (Wildman–Crippen MR) is 66.7 cm³/mol. The van der Waals surface area contributed by atoms with Crippen LogP contribution >= 0.6 is 11.8 Å². The van der Waals surface area contributed by atoms with Gasteiger partial charge in [0.1, 0.15) is 11.5 Å². The van der Waals surface area contributed by atoms with E-state index in [9.17, 15) is 0 Å². The zero-order valence-corrected chi connectivity index (χ0v) is 10.7. The lowest BCUT2D eigenvalue weighted by Gasteiger charge is -2.32. The molecule has 1 aromatic rings. The number of thioether (sulfide) groups is 1. The quantitative estimate of drug-likeness (QED) is 0.860. The number of nitrogens with one attached hydrogen (secondary N) is 1. The van der Waals surface area contributed by atoms with Crippen LogP contribution in [0.5, 0.6) is 0 Å². The number of nitrogens with zero attached hydrogens (tertiary/aromatic N) is 2. The Morgan fingerprint density at radius 3 is 3.06 bits per heavy atom. The Bertz CT molecular complexity index is 398. The first kappa shape index (κ1) is 11.5. The van der Waals surface area contributed by atoms with Crippen LogP contribution in [-0.2, 0) is 6.54 Å². The van der Waals surface area contributed by atoms with Crippen LogP contribution < -0.4 is 5.32 Å². The summed E-state index contributed by atoms with van der Waals surface area (Å²) in [4.78, 5) is 4.51. The molecule has 1 saturated heterocycles. The van der Waals surface area contributed by atoms with Crippen molar-refractivity contribution in [1.29, 1.82) is 0 Å². The zero-order valence-electron chi connectivity index (χ0n) is 9.91. The number of rotatable bonds is 2. The van der Waals surface area contributed by atoms with Gasteiger partial charge in [0.25, 0.3) is 0 Å². The summed E-state index contributed by atoms with van der Waals surface area (Å²) in [7, 11) is 0. The van der Waals surface area contributed by atoms with Gasteiger partial charge in [-0.3, -0.25) is 4.99 Å². The molecular weight excluding hydrogens is 222 g/mol. The minimum atomic E-state index is 0.157. The number of hydrogen-bond donors (Lipinski definition) is 1. The minimum Gasteiger partial charge on any atom is -0.361 e. The second-order valence-corrected chi connectivity index (χ2v) is 5.74. The highest BCUT2D eigenvalue weighted by Crippen LogP contribution is 2.21. The lowest BCUT2D eigenvalue weighted by Crippen LogP contribution is -2.46. The number of aryl methyl sites for hydroxylation is 1. The average Bonchev–Trinajstić information content (AvgIpc) is 2.60. The van der Waals surface area contributed by atoms with Gasteiger partial charge in [-0.05, 0) is 27.2 Å². The van der Waals surface area contributed by atoms with Crippen molar-refractivity contribution in [2.45, 2.75) is 39.3 Å². The average molecular weight is 239 g/mol. The molecule has 0 saturated carbocycles. The van der Waals surface area contributed by atoms with Gasteiger partial charge in [0.05, 0.1) is 6.54 Å². The molecule has 1 fully saturated rings. The molecule has 0 atom stereocenters. The minimum absolute atomic E-state index is 0.157. The summed E-state index contributed by atoms with van der Waals surface area (Å²) in [6, 6.07) is 1.92. The Labute approximate surface area is 99.9 Å². The van der Waals surface area contributed by atoms with Crippen LogP contribution in [0.1, 0.15) is 31.7 Å². The second-order valence-electron chi connectivity index (χ2n) is 4.66. The van der Waals surface area contributed by atoms with E-state index < -0.39 is 0 Å². The number of hydrogen-bond acceptors (Lipinski definition) is 4. The van der Waals surface area contributed by atoms with Crippen LogP contribution in [0.4, 0.5) is 0 Å². The molecule has 0 bridgehead atoms. The smallest absolute Gasteiger partial charge is 0.157 e. The van der Waals surface area contributed by atoms with Gasteiger partial charge < -0.3 is 9.84 Å². The number of aromatic nitrogens is 1. The lowest BCUT2D eigenvalue weighted by molar-refractivity contribution is 0.391. The van der Waals surface area contributed by atoms with Gasteiger partial charge in [-0.15, -0.1) is 0 Å². The first-order chi connectivity index (χ1) is 7.55. The van der Waals surface area contributed by atoms with Crippen molar-refractivity contribution >= 4 is 16.9 Å². The number of aliphatic imine (C=N–C) groups is 1. The Morgan fingerprint density at radius 2 is 2.44 bits per heavy atom. The monoisotopic (exact) mass is 239 g/mol. The molecule has 5 heteroatoms. The fourth-order valence-electron chi connectivity index (χ4n) is 1.52. The van der Waals surface area contributed by atoms with E-state index in [2.05, 4.69) is 29.3 Å². The van der Waals surface area contributed by atoms with Crippen molar-refractivity contribution in [3.63, 3.8) is 0 Å². The van der Waals surface area contributed by atoms with Gasteiger partial charge >= 0.3 is 0 Å². The maximum atomic E-state index is 5.00. The zero-order chi connectivity index (χ0) is 11.6. The third-order valence-corrected chi connectivity index (χ3v) is 3.39. The first-order valence-corrected chi connectivity index (χ1v) is 6.41. The fraction of sp³-hybridized carbons (Fsp3) is 0.636. The van der Waals surface area contributed by atoms with Crippen molar-refractivity contribution in [3.8, 4) is 0 Å². The van der Waals surface area contributed by atoms with Gasteiger partial charge in [0.2, 0.25) is 0 Å². The normalized spacial score (nSPS) is 22.1. The molecule has 1 aliphatic rings. The molecule has 88 valence electrons. The largest absolute Gasteiger partial charge is 0.361 e. The molecule has 16 heavy (non-hydrogen) atoms. The van der Waals surface area contributed by atoms with E-state index in [1.807, 2.05) is 13.0 Å². The van der Waals surface area contributed by atoms with E-state index in [0.29, 0.717) is 6.54 Å². The summed E-state index contributed by atoms with van der Waals surface area (Å²) < 4.78 is 5.00. The molecular formula is C11H17N3OS. The van der Waals surface area contributed by atoms with E-state index in [1.54, 1.807) is 11.8 Å². The van der Waals surface area contributed by atoms with E-state index in [1.165, 1.54) is 6.42 Å². The van der Waals surface area contributed by atoms with Crippen LogP contribution in [0, 0.1) is 6.92 Å². The molecule has 0 radical (unpaired) electrons. The van der Waals surface area contributed by atoms with Crippen LogP contribution in [0.15, 0.2) is 15.6 Å². The molecule has 0 spiro atoms. The molecule has 1 aromatic heterocycles. The SMILES string of the molecule is Cc1cc(CN=C2NC(C)(C)CCS2)no1. The van der Waals surface area contributed by atoms with Gasteiger partial charge in [-0.25, -0.2) is 0 Å². The van der Waals surface area contributed by atoms with Gasteiger partial charge in [-0.1, -0.05) is 16.9 Å². The maximum absolute atomic E-state index is 5.00. The standard InChI is InChI=1S/C11H17N3OS/c1-8-6-9(14-15-8)7-12-10-13-11(2,3)4-5-16-10/h6H,4-5,7H2,1-3H3,(H,12,13). The van der Waals surface area contributed by atoms with Crippen molar-refractivity contribution in [2.24, 2.45) is 4.99 Å². The van der Waals surface area contributed by atoms with Crippen molar-refractivity contribution < 1.29 is 4.52 Å². The van der Waals surface area contributed by atoms with Crippen LogP contribution in [0.3, 0.4) is 0 Å². The second kappa shape index (κ2) is 4.49. The summed E-state index contributed by atoms with van der Waals surface area (Å²) in [5.41, 5.74) is 1.04. The topological polar surface area (TPSA) is 50.4 Å². The summed E-state index contributed by atoms with van der Waals surface area (Å²) >= 11 is 1.77. The molecule has 1 aliphatic heterocycles. The molecule has 1 N–H and O–H groups in total. The summed E-state index contributed by atoms with van der Waals surface area (Å²) in [6.45, 7) is 6.87. The van der Waals surface area contributed by atoms with Crippen LogP contribution in [0.2, 0.25) is 0 Å². The predicted octanol–water partition coefficient (Wildman–Crippen LogP) is 2.34. The van der Waals surface area contributed by atoms with Gasteiger partial charge in [0, 0.05) is 17.4 Å². The van der Waals surface area contributed by atoms with Gasteiger partial charge in [0.15, 0.2) is 5.17 Å². The molecule has 4 nitrogen and oxygen atoms in total. The van der Waals surface area contributed by atoms with Crippen LogP contribution in [0.25, 0.3) is 0 Å². The van der Waals surface area contributed by atoms with Crippen molar-refractivity contribution in [3.05, 3.63) is 17.5 Å². The fourth-order valence-corrected chi connectivity index (χ4v) is 2.83. The van der Waals surface area contributed by atoms with Crippen molar-refractivity contribution in [1.82, 2.24) is 10.5 Å². The molecule has 0 amide bonds. The number of amidine groups is 1. The molecule has 2 heterocycles. The highest BCUT2D eigenvalue weighted by molar-refractivity contribution is 8.13. The highest BCUT2D eigenvalue weighted by Gasteiger charge is 2.23. The van der Waals surface area contributed by atoms with E-state index in [4.69, 9.17) is 4.52 Å². The molecule has 0 aliphatic carbocycles.